The summed E-state index contributed by atoms with van der Waals surface area (Å²) in [5, 5.41) is 0. The maximum absolute atomic E-state index is 12.4. The quantitative estimate of drug-likeness (QED) is 0.592. The third kappa shape index (κ3) is 6.47. The Morgan fingerprint density at radius 3 is 2.00 bits per heavy atom. The number of rotatable bonds is 9. The van der Waals surface area contributed by atoms with Gasteiger partial charge in [-0.05, 0) is 62.5 Å². The molecule has 0 aromatic heterocycles. The van der Waals surface area contributed by atoms with Gasteiger partial charge in [-0.2, -0.15) is 0 Å². The molecule has 0 bridgehead atoms. The number of aryl methyl sites for hydroxylation is 2. The smallest absolute Gasteiger partial charge is 0.163 e. The molecule has 25 heavy (non-hydrogen) atoms. The van der Waals surface area contributed by atoms with Crippen molar-refractivity contribution in [1.82, 2.24) is 4.90 Å². The first-order valence-electron chi connectivity index (χ1n) is 9.31. The largest absolute Gasteiger partial charge is 0.309 e. The topological polar surface area (TPSA) is 20.3 Å². The summed E-state index contributed by atoms with van der Waals surface area (Å²) >= 11 is 0. The molecule has 0 aliphatic rings. The maximum atomic E-state index is 12.4. The minimum atomic E-state index is 0.229. The van der Waals surface area contributed by atoms with Crippen LogP contribution in [0.2, 0.25) is 0 Å². The fourth-order valence-corrected chi connectivity index (χ4v) is 2.93. The molecule has 0 saturated heterocycles. The zero-order chi connectivity index (χ0) is 18.2. The molecule has 0 spiro atoms. The van der Waals surface area contributed by atoms with Gasteiger partial charge in [-0.3, -0.25) is 4.79 Å². The second-order valence-electron chi connectivity index (χ2n) is 7.42. The van der Waals surface area contributed by atoms with Crippen LogP contribution in [0.3, 0.4) is 0 Å². The number of hydrogen-bond acceptors (Lipinski definition) is 2. The zero-order valence-electron chi connectivity index (χ0n) is 16.1. The van der Waals surface area contributed by atoms with E-state index < -0.39 is 0 Å². The van der Waals surface area contributed by atoms with E-state index in [-0.39, 0.29) is 5.78 Å². The van der Waals surface area contributed by atoms with Gasteiger partial charge in [-0.1, -0.05) is 62.4 Å². The Morgan fingerprint density at radius 1 is 0.880 bits per heavy atom. The first-order valence-corrected chi connectivity index (χ1v) is 9.31. The Hall–Kier alpha value is -1.93. The molecule has 0 radical (unpaired) electrons. The lowest BCUT2D eigenvalue weighted by Crippen LogP contribution is -2.13. The number of nitrogens with zero attached hydrogens (tertiary/aromatic N) is 1. The summed E-state index contributed by atoms with van der Waals surface area (Å²) in [4.78, 5) is 14.6. The Kier molecular flexibility index (Phi) is 7.39. The van der Waals surface area contributed by atoms with E-state index in [2.05, 4.69) is 69.2 Å². The highest BCUT2D eigenvalue weighted by Crippen LogP contribution is 2.16. The van der Waals surface area contributed by atoms with Gasteiger partial charge in [-0.15, -0.1) is 0 Å². The molecule has 2 aromatic rings. The lowest BCUT2D eigenvalue weighted by molar-refractivity contribution is 0.0983. The van der Waals surface area contributed by atoms with Crippen molar-refractivity contribution >= 4 is 5.78 Å². The van der Waals surface area contributed by atoms with E-state index >= 15 is 0 Å². The van der Waals surface area contributed by atoms with E-state index in [0.29, 0.717) is 12.3 Å². The second-order valence-corrected chi connectivity index (χ2v) is 7.42. The number of ketones is 1. The molecule has 0 unspecified atom stereocenters. The fraction of sp³-hybridized carbons (Fsp3) is 0.435. The first kappa shape index (κ1) is 19.4. The SMILES string of the molecule is CC(C)c1ccc(CCC(=O)c2ccc(CCCN(C)C)cc2)cc1. The van der Waals surface area contributed by atoms with Gasteiger partial charge in [-0.25, -0.2) is 0 Å². The van der Waals surface area contributed by atoms with Gasteiger partial charge in [0, 0.05) is 12.0 Å². The van der Waals surface area contributed by atoms with Crippen molar-refractivity contribution < 1.29 is 4.79 Å². The van der Waals surface area contributed by atoms with Crippen LogP contribution in [0.1, 0.15) is 59.7 Å². The molecule has 2 nitrogen and oxygen atoms in total. The molecule has 0 saturated carbocycles. The Bertz CT molecular complexity index is 653. The molecule has 0 heterocycles. The van der Waals surface area contributed by atoms with Crippen LogP contribution in [0.15, 0.2) is 48.5 Å². The normalized spacial score (nSPS) is 11.3. The van der Waals surface area contributed by atoms with Crippen LogP contribution in [0.4, 0.5) is 0 Å². The Morgan fingerprint density at radius 2 is 1.44 bits per heavy atom. The van der Waals surface area contributed by atoms with Crippen LogP contribution >= 0.6 is 0 Å². The monoisotopic (exact) mass is 337 g/mol. The highest BCUT2D eigenvalue weighted by molar-refractivity contribution is 5.96. The van der Waals surface area contributed by atoms with Crippen LogP contribution in [-0.2, 0) is 12.8 Å². The molecular weight excluding hydrogens is 306 g/mol. The van der Waals surface area contributed by atoms with E-state index in [1.165, 1.54) is 16.7 Å². The van der Waals surface area contributed by atoms with Crippen molar-refractivity contribution in [3.05, 3.63) is 70.8 Å². The van der Waals surface area contributed by atoms with Gasteiger partial charge in [0.1, 0.15) is 0 Å². The standard InChI is InChI=1S/C23H31NO/c1-18(2)21-12-7-20(8-13-21)11-16-23(25)22-14-9-19(10-15-22)6-5-17-24(3)4/h7-10,12-15,18H,5-6,11,16-17H2,1-4H3. The Balaban J connectivity index is 1.84. The van der Waals surface area contributed by atoms with E-state index in [4.69, 9.17) is 0 Å². The summed E-state index contributed by atoms with van der Waals surface area (Å²) in [6, 6.07) is 16.8. The highest BCUT2D eigenvalue weighted by atomic mass is 16.1. The summed E-state index contributed by atoms with van der Waals surface area (Å²) in [5.41, 5.74) is 4.72. The van der Waals surface area contributed by atoms with Crippen molar-refractivity contribution in [1.29, 1.82) is 0 Å². The molecule has 134 valence electrons. The molecule has 0 atom stereocenters. The number of Topliss-reactive ketones (excluding diaryl/α,β-unsaturated/α-hetero) is 1. The lowest BCUT2D eigenvalue weighted by Gasteiger charge is -2.09. The molecule has 2 rings (SSSR count). The van der Waals surface area contributed by atoms with Gasteiger partial charge in [0.05, 0.1) is 0 Å². The van der Waals surface area contributed by atoms with Crippen LogP contribution in [0.25, 0.3) is 0 Å². The van der Waals surface area contributed by atoms with Crippen LogP contribution < -0.4 is 0 Å². The maximum Gasteiger partial charge on any atom is 0.163 e. The summed E-state index contributed by atoms with van der Waals surface area (Å²) in [6.07, 6.45) is 3.59. The molecule has 2 aromatic carbocycles. The minimum absolute atomic E-state index is 0.229. The van der Waals surface area contributed by atoms with E-state index in [9.17, 15) is 4.79 Å². The molecule has 2 heteroatoms. The number of carbonyl (C=O) groups excluding carboxylic acids is 1. The molecule has 0 fully saturated rings. The number of hydrogen-bond donors (Lipinski definition) is 0. The minimum Gasteiger partial charge on any atom is -0.309 e. The summed E-state index contributed by atoms with van der Waals surface area (Å²) in [6.45, 7) is 5.49. The molecule has 0 aliphatic carbocycles. The van der Waals surface area contributed by atoms with Crippen molar-refractivity contribution in [2.75, 3.05) is 20.6 Å². The highest BCUT2D eigenvalue weighted by Gasteiger charge is 2.07. The van der Waals surface area contributed by atoms with E-state index in [0.717, 1.165) is 31.4 Å². The van der Waals surface area contributed by atoms with Crippen molar-refractivity contribution in [3.63, 3.8) is 0 Å². The lowest BCUT2D eigenvalue weighted by atomic mass is 9.98. The third-order valence-electron chi connectivity index (χ3n) is 4.63. The van der Waals surface area contributed by atoms with E-state index in [1.54, 1.807) is 0 Å². The molecular formula is C23H31NO. The molecule has 0 aliphatic heterocycles. The Labute approximate surface area is 152 Å². The van der Waals surface area contributed by atoms with Crippen LogP contribution in [0.5, 0.6) is 0 Å². The average molecular weight is 338 g/mol. The van der Waals surface area contributed by atoms with E-state index in [1.807, 2.05) is 12.1 Å². The first-order chi connectivity index (χ1) is 12.0. The van der Waals surface area contributed by atoms with Gasteiger partial charge in [0.2, 0.25) is 0 Å². The van der Waals surface area contributed by atoms with Crippen molar-refractivity contribution in [3.8, 4) is 0 Å². The van der Waals surface area contributed by atoms with Gasteiger partial charge in [0.15, 0.2) is 5.78 Å². The van der Waals surface area contributed by atoms with Gasteiger partial charge < -0.3 is 4.90 Å². The molecule has 0 N–H and O–H groups in total. The predicted octanol–water partition coefficient (Wildman–Crippen LogP) is 5.12. The predicted molar refractivity (Wildman–Crippen MR) is 106 cm³/mol. The van der Waals surface area contributed by atoms with Crippen molar-refractivity contribution in [2.24, 2.45) is 0 Å². The zero-order valence-corrected chi connectivity index (χ0v) is 16.1. The number of benzene rings is 2. The van der Waals surface area contributed by atoms with Crippen LogP contribution in [0, 0.1) is 0 Å². The van der Waals surface area contributed by atoms with Crippen LogP contribution in [-0.4, -0.2) is 31.3 Å². The second kappa shape index (κ2) is 9.53. The number of carbonyl (C=O) groups is 1. The summed E-state index contributed by atoms with van der Waals surface area (Å²) in [5.74, 6) is 0.777. The summed E-state index contributed by atoms with van der Waals surface area (Å²) < 4.78 is 0. The van der Waals surface area contributed by atoms with Crippen molar-refractivity contribution in [2.45, 2.75) is 45.4 Å². The summed E-state index contributed by atoms with van der Waals surface area (Å²) in [7, 11) is 4.19. The fourth-order valence-electron chi connectivity index (χ4n) is 2.93. The van der Waals surface area contributed by atoms with Gasteiger partial charge in [0.25, 0.3) is 0 Å². The third-order valence-corrected chi connectivity index (χ3v) is 4.63. The molecule has 0 amide bonds. The average Bonchev–Trinajstić information content (AvgIpc) is 2.60. The van der Waals surface area contributed by atoms with Gasteiger partial charge >= 0.3 is 0 Å².